The highest BCUT2D eigenvalue weighted by Crippen LogP contribution is 2.19. The summed E-state index contributed by atoms with van der Waals surface area (Å²) in [7, 11) is 0. The molecule has 0 atom stereocenters. The molecule has 1 aromatic carbocycles. The third kappa shape index (κ3) is 3.80. The van der Waals surface area contributed by atoms with Crippen molar-refractivity contribution in [3.63, 3.8) is 0 Å². The van der Waals surface area contributed by atoms with E-state index in [9.17, 15) is 4.79 Å². The van der Waals surface area contributed by atoms with Crippen molar-refractivity contribution in [3.8, 4) is 5.82 Å². The molecule has 1 amide bonds. The summed E-state index contributed by atoms with van der Waals surface area (Å²) in [5.41, 5.74) is 3.08. The lowest BCUT2D eigenvalue weighted by atomic mass is 10.1. The highest BCUT2D eigenvalue weighted by molar-refractivity contribution is 7.99. The second-order valence-corrected chi connectivity index (χ2v) is 6.26. The van der Waals surface area contributed by atoms with Gasteiger partial charge in [-0.05, 0) is 49.2 Å². The summed E-state index contributed by atoms with van der Waals surface area (Å²) in [6.07, 6.45) is 3.48. The summed E-state index contributed by atoms with van der Waals surface area (Å²) in [5.74, 6) is 0.860. The maximum atomic E-state index is 12.1. The van der Waals surface area contributed by atoms with Gasteiger partial charge in [-0.2, -0.15) is 5.10 Å². The highest BCUT2D eigenvalue weighted by Gasteiger charge is 2.08. The molecule has 0 aliphatic heterocycles. The van der Waals surface area contributed by atoms with Crippen LogP contribution in [0.3, 0.4) is 0 Å². The van der Waals surface area contributed by atoms with Crippen LogP contribution in [0.1, 0.15) is 11.1 Å². The third-order valence-corrected chi connectivity index (χ3v) is 4.52. The Balaban J connectivity index is 1.57. The number of thioether (sulfide) groups is 1. The molecule has 0 saturated carbocycles. The number of carbonyl (C=O) groups excluding carboxylic acids is 1. The number of aryl methyl sites for hydroxylation is 1. The minimum atomic E-state index is -0.0633. The quantitative estimate of drug-likeness (QED) is 0.724. The van der Waals surface area contributed by atoms with Gasteiger partial charge in [0.1, 0.15) is 5.03 Å². The maximum Gasteiger partial charge on any atom is 0.234 e. The van der Waals surface area contributed by atoms with Crippen molar-refractivity contribution in [3.05, 3.63) is 59.9 Å². The molecule has 0 bridgehead atoms. The van der Waals surface area contributed by atoms with Crippen molar-refractivity contribution in [2.24, 2.45) is 0 Å². The van der Waals surface area contributed by atoms with Crippen molar-refractivity contribution >= 4 is 23.4 Å². The van der Waals surface area contributed by atoms with Gasteiger partial charge in [0.2, 0.25) is 5.91 Å². The van der Waals surface area contributed by atoms with Gasteiger partial charge in [-0.1, -0.05) is 23.9 Å². The molecule has 0 unspecified atom stereocenters. The largest absolute Gasteiger partial charge is 0.325 e. The third-order valence-electron chi connectivity index (χ3n) is 3.59. The molecular weight excluding hydrogens is 322 g/mol. The summed E-state index contributed by atoms with van der Waals surface area (Å²) >= 11 is 1.35. The summed E-state index contributed by atoms with van der Waals surface area (Å²) in [5, 5.41) is 15.9. The number of rotatable bonds is 5. The van der Waals surface area contributed by atoms with Crippen LogP contribution < -0.4 is 5.32 Å². The lowest BCUT2D eigenvalue weighted by Gasteiger charge is -2.10. The number of benzene rings is 1. The Kier molecular flexibility index (Phi) is 4.90. The zero-order chi connectivity index (χ0) is 16.9. The molecule has 3 aromatic rings. The molecule has 122 valence electrons. The van der Waals surface area contributed by atoms with Crippen LogP contribution in [0, 0.1) is 13.8 Å². The average molecular weight is 339 g/mol. The molecule has 2 aromatic heterocycles. The Labute approximate surface area is 144 Å². The molecule has 0 aliphatic rings. The van der Waals surface area contributed by atoms with Gasteiger partial charge in [-0.3, -0.25) is 4.79 Å². The first kappa shape index (κ1) is 16.2. The fraction of sp³-hybridized carbons (Fsp3) is 0.176. The predicted molar refractivity (Wildman–Crippen MR) is 94.4 cm³/mol. The normalized spacial score (nSPS) is 10.6. The SMILES string of the molecule is Cc1cccc(NC(=O)CSc2ccc(-n3cccn3)nn2)c1C. The number of nitrogens with one attached hydrogen (secondary N) is 1. The fourth-order valence-corrected chi connectivity index (χ4v) is 2.74. The summed E-state index contributed by atoms with van der Waals surface area (Å²) in [6, 6.07) is 11.3. The van der Waals surface area contributed by atoms with E-state index in [1.165, 1.54) is 11.8 Å². The van der Waals surface area contributed by atoms with Gasteiger partial charge in [0.15, 0.2) is 5.82 Å². The van der Waals surface area contributed by atoms with Gasteiger partial charge in [-0.15, -0.1) is 10.2 Å². The van der Waals surface area contributed by atoms with E-state index in [1.807, 2.05) is 50.2 Å². The van der Waals surface area contributed by atoms with E-state index in [2.05, 4.69) is 20.6 Å². The van der Waals surface area contributed by atoms with E-state index in [4.69, 9.17) is 0 Å². The lowest BCUT2D eigenvalue weighted by molar-refractivity contribution is -0.113. The average Bonchev–Trinajstić information content (AvgIpc) is 3.12. The molecule has 0 spiro atoms. The van der Waals surface area contributed by atoms with E-state index in [0.29, 0.717) is 10.8 Å². The van der Waals surface area contributed by atoms with Gasteiger partial charge < -0.3 is 5.32 Å². The number of hydrogen-bond acceptors (Lipinski definition) is 5. The molecule has 0 radical (unpaired) electrons. The molecule has 2 heterocycles. The van der Waals surface area contributed by atoms with Crippen LogP contribution in [-0.2, 0) is 4.79 Å². The second-order valence-electron chi connectivity index (χ2n) is 5.26. The van der Waals surface area contributed by atoms with Gasteiger partial charge in [0.25, 0.3) is 0 Å². The Morgan fingerprint density at radius 1 is 1.17 bits per heavy atom. The van der Waals surface area contributed by atoms with Gasteiger partial charge in [0.05, 0.1) is 5.75 Å². The first-order valence-electron chi connectivity index (χ1n) is 7.46. The first-order chi connectivity index (χ1) is 11.6. The predicted octanol–water partition coefficient (Wildman–Crippen LogP) is 3.01. The minimum Gasteiger partial charge on any atom is -0.325 e. The lowest BCUT2D eigenvalue weighted by Crippen LogP contribution is -2.15. The monoisotopic (exact) mass is 339 g/mol. The summed E-state index contributed by atoms with van der Waals surface area (Å²) in [4.78, 5) is 12.1. The molecular formula is C17H17N5OS. The summed E-state index contributed by atoms with van der Waals surface area (Å²) in [6.45, 7) is 4.02. The summed E-state index contributed by atoms with van der Waals surface area (Å²) < 4.78 is 1.63. The van der Waals surface area contributed by atoms with Crippen LogP contribution >= 0.6 is 11.8 Å². The van der Waals surface area contributed by atoms with Crippen molar-refractivity contribution < 1.29 is 4.79 Å². The van der Waals surface area contributed by atoms with Crippen LogP contribution in [0.4, 0.5) is 5.69 Å². The van der Waals surface area contributed by atoms with Crippen LogP contribution in [0.2, 0.25) is 0 Å². The Bertz CT molecular complexity index is 831. The van der Waals surface area contributed by atoms with Crippen LogP contribution in [0.15, 0.2) is 53.8 Å². The van der Waals surface area contributed by atoms with E-state index in [0.717, 1.165) is 16.8 Å². The fourth-order valence-electron chi connectivity index (χ4n) is 2.13. The molecule has 0 saturated heterocycles. The number of aromatic nitrogens is 4. The molecule has 7 heteroatoms. The zero-order valence-electron chi connectivity index (χ0n) is 13.4. The molecule has 1 N–H and O–H groups in total. The maximum absolute atomic E-state index is 12.1. The standard InChI is InChI=1S/C17H17N5OS/c1-12-5-3-6-14(13(12)2)19-16(23)11-24-17-8-7-15(20-21-17)22-10-4-9-18-22/h3-10H,11H2,1-2H3,(H,19,23). The van der Waals surface area contributed by atoms with Gasteiger partial charge in [-0.25, -0.2) is 4.68 Å². The number of amides is 1. The van der Waals surface area contributed by atoms with E-state index < -0.39 is 0 Å². The zero-order valence-corrected chi connectivity index (χ0v) is 14.2. The Morgan fingerprint density at radius 3 is 2.75 bits per heavy atom. The van der Waals surface area contributed by atoms with Crippen molar-refractivity contribution in [1.29, 1.82) is 0 Å². The van der Waals surface area contributed by atoms with Gasteiger partial charge in [0, 0.05) is 18.1 Å². The first-order valence-corrected chi connectivity index (χ1v) is 8.44. The van der Waals surface area contributed by atoms with E-state index >= 15 is 0 Å². The molecule has 6 nitrogen and oxygen atoms in total. The van der Waals surface area contributed by atoms with Crippen molar-refractivity contribution in [2.45, 2.75) is 18.9 Å². The Hall–Kier alpha value is -2.67. The smallest absolute Gasteiger partial charge is 0.234 e. The van der Waals surface area contributed by atoms with E-state index in [1.54, 1.807) is 17.1 Å². The highest BCUT2D eigenvalue weighted by atomic mass is 32.2. The van der Waals surface area contributed by atoms with Crippen LogP contribution in [0.5, 0.6) is 0 Å². The van der Waals surface area contributed by atoms with Crippen molar-refractivity contribution in [1.82, 2.24) is 20.0 Å². The topological polar surface area (TPSA) is 72.7 Å². The minimum absolute atomic E-state index is 0.0633. The molecule has 24 heavy (non-hydrogen) atoms. The molecule has 0 fully saturated rings. The number of anilines is 1. The number of hydrogen-bond donors (Lipinski definition) is 1. The number of carbonyl (C=O) groups is 1. The van der Waals surface area contributed by atoms with E-state index in [-0.39, 0.29) is 11.7 Å². The Morgan fingerprint density at radius 2 is 2.04 bits per heavy atom. The van der Waals surface area contributed by atoms with Gasteiger partial charge >= 0.3 is 0 Å². The van der Waals surface area contributed by atoms with Crippen LogP contribution in [-0.4, -0.2) is 31.6 Å². The van der Waals surface area contributed by atoms with Crippen molar-refractivity contribution in [2.75, 3.05) is 11.1 Å². The molecule has 0 aliphatic carbocycles. The second kappa shape index (κ2) is 7.27. The molecule has 3 rings (SSSR count). The number of nitrogens with zero attached hydrogens (tertiary/aromatic N) is 4. The van der Waals surface area contributed by atoms with Crippen LogP contribution in [0.25, 0.3) is 5.82 Å².